The van der Waals surface area contributed by atoms with E-state index in [-0.39, 0.29) is 22.1 Å². The van der Waals surface area contributed by atoms with Gasteiger partial charge in [-0.1, -0.05) is 25.3 Å². The van der Waals surface area contributed by atoms with Gasteiger partial charge in [0.15, 0.2) is 0 Å². The van der Waals surface area contributed by atoms with Crippen LogP contribution in [0.25, 0.3) is 0 Å². The third-order valence-corrected chi connectivity index (χ3v) is 8.95. The van der Waals surface area contributed by atoms with Gasteiger partial charge < -0.3 is 15.3 Å². The largest absolute Gasteiger partial charge is 0.490 e. The van der Waals surface area contributed by atoms with Gasteiger partial charge in [-0.3, -0.25) is 4.79 Å². The summed E-state index contributed by atoms with van der Waals surface area (Å²) in [6, 6.07) is 9.70. The van der Waals surface area contributed by atoms with E-state index in [1.165, 1.54) is 56.4 Å². The highest BCUT2D eigenvalue weighted by Gasteiger charge is 2.38. The van der Waals surface area contributed by atoms with Gasteiger partial charge in [-0.15, -0.1) is 0 Å². The number of nitrogens with one attached hydrogen (secondary N) is 2. The Labute approximate surface area is 251 Å². The molecule has 1 aliphatic heterocycles. The molecule has 44 heavy (non-hydrogen) atoms. The fraction of sp³-hybridized carbons (Fsp3) is 0.517. The molecule has 0 radical (unpaired) electrons. The first-order valence-corrected chi connectivity index (χ1v) is 15.6. The number of rotatable bonds is 8. The number of carbonyl (C=O) groups excluding carboxylic acids is 1. The Bertz CT molecular complexity index is 1360. The number of benzene rings is 2. The molecule has 2 aliphatic rings. The number of carbonyl (C=O) groups is 2. The number of hydrogen-bond acceptors (Lipinski definition) is 5. The van der Waals surface area contributed by atoms with E-state index in [9.17, 15) is 39.6 Å². The number of carboxylic acid groups (broad SMARTS) is 1. The van der Waals surface area contributed by atoms with Crippen molar-refractivity contribution < 1.29 is 49.5 Å². The minimum atomic E-state index is -5.08. The van der Waals surface area contributed by atoms with Gasteiger partial charge in [0.2, 0.25) is 10.0 Å². The summed E-state index contributed by atoms with van der Waals surface area (Å²) >= 11 is 0. The van der Waals surface area contributed by atoms with Crippen molar-refractivity contribution in [2.45, 2.75) is 62.2 Å². The van der Waals surface area contributed by atoms with Gasteiger partial charge in [0.05, 0.1) is 10.5 Å². The molecule has 1 saturated carbocycles. The fourth-order valence-electron chi connectivity index (χ4n) is 5.28. The first-order valence-electron chi connectivity index (χ1n) is 14.2. The maximum Gasteiger partial charge on any atom is 0.490 e. The van der Waals surface area contributed by atoms with Crippen molar-refractivity contribution in [2.75, 3.05) is 31.5 Å². The Morgan fingerprint density at radius 2 is 1.50 bits per heavy atom. The van der Waals surface area contributed by atoms with Crippen LogP contribution in [0.2, 0.25) is 0 Å². The van der Waals surface area contributed by atoms with Gasteiger partial charge in [0, 0.05) is 30.9 Å². The van der Waals surface area contributed by atoms with Crippen molar-refractivity contribution in [2.24, 2.45) is 11.8 Å². The molecule has 15 heteroatoms. The smallest absolute Gasteiger partial charge is 0.475 e. The maximum atomic E-state index is 13.0. The summed E-state index contributed by atoms with van der Waals surface area (Å²) < 4.78 is 98.6. The van der Waals surface area contributed by atoms with Crippen molar-refractivity contribution in [1.82, 2.24) is 9.62 Å². The SMILES string of the molecule is O=C(Nc1ccc(C(F)(F)F)cc1)c1cccc(S(=O)(=O)NCC2CCCN(CC3CCCCC3)C2)c1.O=C(O)C(F)(F)F. The van der Waals surface area contributed by atoms with E-state index in [4.69, 9.17) is 9.90 Å². The highest BCUT2D eigenvalue weighted by Crippen LogP contribution is 2.30. The van der Waals surface area contributed by atoms with E-state index < -0.39 is 39.8 Å². The Morgan fingerprint density at radius 1 is 0.886 bits per heavy atom. The summed E-state index contributed by atoms with van der Waals surface area (Å²) in [7, 11) is -3.83. The molecular formula is C29H35F6N3O5S. The number of aliphatic carboxylic acids is 1. The molecule has 8 nitrogen and oxygen atoms in total. The third-order valence-electron chi connectivity index (χ3n) is 7.53. The molecule has 1 atom stereocenters. The van der Waals surface area contributed by atoms with Crippen LogP contribution in [0.3, 0.4) is 0 Å². The molecule has 0 bridgehead atoms. The number of alkyl halides is 6. The Balaban J connectivity index is 0.000000676. The average Bonchev–Trinajstić information content (AvgIpc) is 2.97. The van der Waals surface area contributed by atoms with Gasteiger partial charge in [0.1, 0.15) is 0 Å². The van der Waals surface area contributed by atoms with Crippen LogP contribution >= 0.6 is 0 Å². The number of piperidine rings is 1. The lowest BCUT2D eigenvalue weighted by Crippen LogP contribution is -2.42. The number of anilines is 1. The Morgan fingerprint density at radius 3 is 2.09 bits per heavy atom. The molecule has 2 fully saturated rings. The molecule has 4 rings (SSSR count). The summed E-state index contributed by atoms with van der Waals surface area (Å²) in [5.74, 6) is -2.38. The van der Waals surface area contributed by atoms with Crippen LogP contribution in [0.5, 0.6) is 0 Å². The van der Waals surface area contributed by atoms with Gasteiger partial charge in [-0.25, -0.2) is 17.9 Å². The minimum absolute atomic E-state index is 0.0255. The summed E-state index contributed by atoms with van der Waals surface area (Å²) in [6.07, 6.45) is -1.00. The van der Waals surface area contributed by atoms with Gasteiger partial charge in [0.25, 0.3) is 5.91 Å². The first kappa shape index (κ1) is 35.3. The van der Waals surface area contributed by atoms with Crippen molar-refractivity contribution in [3.63, 3.8) is 0 Å². The van der Waals surface area contributed by atoms with E-state index in [0.29, 0.717) is 6.54 Å². The van der Waals surface area contributed by atoms with Crippen LogP contribution in [0.15, 0.2) is 53.4 Å². The number of sulfonamides is 1. The monoisotopic (exact) mass is 651 g/mol. The minimum Gasteiger partial charge on any atom is -0.475 e. The highest BCUT2D eigenvalue weighted by molar-refractivity contribution is 7.89. The zero-order valence-corrected chi connectivity index (χ0v) is 24.6. The molecule has 1 heterocycles. The lowest BCUT2D eigenvalue weighted by atomic mass is 9.88. The van der Waals surface area contributed by atoms with E-state index in [1.807, 2.05) is 0 Å². The Kier molecular flexibility index (Phi) is 12.2. The number of hydrogen-bond donors (Lipinski definition) is 3. The zero-order chi connectivity index (χ0) is 32.5. The lowest BCUT2D eigenvalue weighted by Gasteiger charge is -2.36. The molecule has 1 unspecified atom stereocenters. The number of halogens is 6. The second kappa shape index (κ2) is 15.2. The van der Waals surface area contributed by atoms with Crippen LogP contribution in [-0.2, 0) is 21.0 Å². The zero-order valence-electron chi connectivity index (χ0n) is 23.8. The summed E-state index contributed by atoms with van der Waals surface area (Å²) in [4.78, 5) is 24.0. The predicted molar refractivity (Wildman–Crippen MR) is 150 cm³/mol. The molecule has 1 amide bonds. The van der Waals surface area contributed by atoms with Gasteiger partial charge in [-0.05, 0) is 86.5 Å². The number of carboxylic acids is 1. The quantitative estimate of drug-likeness (QED) is 0.295. The standard InChI is InChI=1S/C27H34F3N3O3S.C2HF3O2/c28-27(29,30)23-11-13-24(14-12-23)32-26(34)22-9-4-10-25(16-22)37(35,36)31-17-21-8-5-15-33(19-21)18-20-6-2-1-3-7-20;3-2(4,5)1(6)7/h4,9-14,16,20-21,31H,1-3,5-8,15,17-19H2,(H,32,34);(H,6,7). The summed E-state index contributed by atoms with van der Waals surface area (Å²) in [5, 5.41) is 9.64. The summed E-state index contributed by atoms with van der Waals surface area (Å²) in [6.45, 7) is 3.38. The lowest BCUT2D eigenvalue weighted by molar-refractivity contribution is -0.192. The third kappa shape index (κ3) is 11.1. The topological polar surface area (TPSA) is 116 Å². The second-order valence-electron chi connectivity index (χ2n) is 11.0. The molecule has 244 valence electrons. The van der Waals surface area contributed by atoms with Gasteiger partial charge >= 0.3 is 18.3 Å². The van der Waals surface area contributed by atoms with Gasteiger partial charge in [-0.2, -0.15) is 26.3 Å². The molecular weight excluding hydrogens is 616 g/mol. The fourth-order valence-corrected chi connectivity index (χ4v) is 6.44. The van der Waals surface area contributed by atoms with E-state index >= 15 is 0 Å². The number of likely N-dealkylation sites (tertiary alicyclic amines) is 1. The number of nitrogens with zero attached hydrogens (tertiary/aromatic N) is 1. The molecule has 0 spiro atoms. The Hall–Kier alpha value is -3.17. The highest BCUT2D eigenvalue weighted by atomic mass is 32.2. The predicted octanol–water partition coefficient (Wildman–Crippen LogP) is 6.16. The van der Waals surface area contributed by atoms with E-state index in [0.717, 1.165) is 62.7 Å². The average molecular weight is 652 g/mol. The van der Waals surface area contributed by atoms with Crippen LogP contribution in [0.1, 0.15) is 60.9 Å². The molecule has 1 saturated heterocycles. The van der Waals surface area contributed by atoms with Crippen LogP contribution in [-0.4, -0.2) is 62.7 Å². The number of amides is 1. The van der Waals surface area contributed by atoms with E-state index in [1.54, 1.807) is 0 Å². The van der Waals surface area contributed by atoms with Crippen molar-refractivity contribution in [3.8, 4) is 0 Å². The van der Waals surface area contributed by atoms with Crippen molar-refractivity contribution in [1.29, 1.82) is 0 Å². The molecule has 0 aromatic heterocycles. The molecule has 2 aromatic rings. The molecule has 2 aromatic carbocycles. The van der Waals surface area contributed by atoms with Crippen LogP contribution in [0.4, 0.5) is 32.0 Å². The second-order valence-corrected chi connectivity index (χ2v) is 12.8. The normalized spacial score (nSPS) is 18.6. The van der Waals surface area contributed by atoms with Crippen LogP contribution in [0, 0.1) is 11.8 Å². The maximum absolute atomic E-state index is 13.0. The first-order chi connectivity index (χ1) is 20.5. The van der Waals surface area contributed by atoms with Crippen LogP contribution < -0.4 is 10.0 Å². The van der Waals surface area contributed by atoms with Crippen molar-refractivity contribution in [3.05, 3.63) is 59.7 Å². The molecule has 3 N–H and O–H groups in total. The summed E-state index contributed by atoms with van der Waals surface area (Å²) in [5.41, 5.74) is -0.543. The molecule has 1 aliphatic carbocycles. The van der Waals surface area contributed by atoms with Crippen molar-refractivity contribution >= 4 is 27.6 Å². The van der Waals surface area contributed by atoms with E-state index in [2.05, 4.69) is 14.9 Å².